The predicted molar refractivity (Wildman–Crippen MR) is 37.0 cm³/mol. The number of imidazole rings is 1. The summed E-state index contributed by atoms with van der Waals surface area (Å²) < 4.78 is 31.0. The van der Waals surface area contributed by atoms with Crippen LogP contribution in [0.5, 0.6) is 0 Å². The van der Waals surface area contributed by atoms with Crippen molar-refractivity contribution in [1.29, 1.82) is 0 Å². The second kappa shape index (κ2) is 4.82. The van der Waals surface area contributed by atoms with E-state index in [1.54, 1.807) is 6.20 Å². The van der Waals surface area contributed by atoms with Crippen molar-refractivity contribution in [2.75, 3.05) is 0 Å². The predicted octanol–water partition coefficient (Wildman–Crippen LogP) is 1.61. The molecule has 6 heteroatoms. The molecule has 0 N–H and O–H groups in total. The fourth-order valence-corrected chi connectivity index (χ4v) is 0.440. The Kier molecular flexibility index (Phi) is 4.41. The Balaban J connectivity index is 0.000000218. The number of rotatable bonds is 0. The minimum Gasteiger partial charge on any atom is -0.338 e. The van der Waals surface area contributed by atoms with Crippen LogP contribution in [0.15, 0.2) is 12.4 Å². The van der Waals surface area contributed by atoms with E-state index >= 15 is 0 Å². The van der Waals surface area contributed by atoms with Gasteiger partial charge in [0.1, 0.15) is 5.82 Å². The lowest BCUT2D eigenvalue weighted by Gasteiger charge is -1.87. The molecule has 0 spiro atoms. The first-order valence-corrected chi connectivity index (χ1v) is 2.90. The molecule has 0 aliphatic carbocycles. The lowest BCUT2D eigenvalue weighted by Crippen LogP contribution is -1.86. The highest BCUT2D eigenvalue weighted by atomic mass is 19.4. The summed E-state index contributed by atoms with van der Waals surface area (Å²) in [7, 11) is -1.69. The highest BCUT2D eigenvalue weighted by Crippen LogP contribution is 1.87. The fraction of sp³-hybridized carbons (Fsp3) is 0.400. The molecule has 0 amide bonds. The summed E-state index contributed by atoms with van der Waals surface area (Å²) >= 11 is 0. The van der Waals surface area contributed by atoms with Gasteiger partial charge in [-0.1, -0.05) is 0 Å². The maximum absolute atomic E-state index is 9.67. The van der Waals surface area contributed by atoms with Gasteiger partial charge in [0.2, 0.25) is 0 Å². The highest BCUT2D eigenvalue weighted by Gasteiger charge is 2.06. The van der Waals surface area contributed by atoms with Gasteiger partial charge < -0.3 is 4.57 Å². The third kappa shape index (κ3) is 5.51. The maximum atomic E-state index is 9.67. The molecule has 0 saturated carbocycles. The van der Waals surface area contributed by atoms with Crippen molar-refractivity contribution in [2.24, 2.45) is 7.05 Å². The third-order valence-electron chi connectivity index (χ3n) is 1.06. The zero-order valence-electron chi connectivity index (χ0n) is 6.26. The number of hydrogen-bond acceptors (Lipinski definition) is 1. The van der Waals surface area contributed by atoms with E-state index in [0.29, 0.717) is 0 Å². The number of aryl methyl sites for hydroxylation is 2. The first-order valence-electron chi connectivity index (χ1n) is 2.90. The molecular weight excluding hydrogens is 156 g/mol. The molecule has 0 saturated heterocycles. The fourth-order valence-electron chi connectivity index (χ4n) is 0.440. The summed E-state index contributed by atoms with van der Waals surface area (Å²) in [4.78, 5) is 3.98. The van der Waals surface area contributed by atoms with Crippen molar-refractivity contribution in [3.63, 3.8) is 0 Å². The van der Waals surface area contributed by atoms with E-state index in [4.69, 9.17) is 0 Å². The summed E-state index contributed by atoms with van der Waals surface area (Å²) in [6.45, 7) is 1.97. The van der Waals surface area contributed by atoms with Gasteiger partial charge in [0.25, 0.3) is 0 Å². The monoisotopic (exact) mass is 164 g/mol. The van der Waals surface area contributed by atoms with Crippen LogP contribution in [0.2, 0.25) is 0 Å². The Labute approximate surface area is 63.3 Å². The highest BCUT2D eigenvalue weighted by molar-refractivity contribution is 6.33. The molecule has 1 heterocycles. The SMILES string of the molecule is Cc1nccn1C.FB(F)F. The first-order chi connectivity index (χ1) is 5.04. The van der Waals surface area contributed by atoms with Gasteiger partial charge in [0.05, 0.1) is 0 Å². The van der Waals surface area contributed by atoms with Crippen molar-refractivity contribution in [1.82, 2.24) is 9.55 Å². The quantitative estimate of drug-likeness (QED) is 0.532. The Bertz CT molecular complexity index is 182. The van der Waals surface area contributed by atoms with Crippen LogP contribution in [0.1, 0.15) is 5.82 Å². The maximum Gasteiger partial charge on any atom is 0.762 e. The summed E-state index contributed by atoms with van der Waals surface area (Å²) in [6.07, 6.45) is 3.71. The molecule has 0 aliphatic rings. The van der Waals surface area contributed by atoms with Gasteiger partial charge in [-0.2, -0.15) is 0 Å². The van der Waals surface area contributed by atoms with E-state index in [1.165, 1.54) is 0 Å². The Morgan fingerprint density at radius 3 is 2.00 bits per heavy atom. The van der Waals surface area contributed by atoms with E-state index in [9.17, 15) is 12.9 Å². The smallest absolute Gasteiger partial charge is 0.338 e. The van der Waals surface area contributed by atoms with Crippen molar-refractivity contribution in [2.45, 2.75) is 6.92 Å². The second-order valence-corrected chi connectivity index (χ2v) is 1.83. The van der Waals surface area contributed by atoms with Gasteiger partial charge in [0, 0.05) is 19.4 Å². The molecule has 0 aromatic carbocycles. The van der Waals surface area contributed by atoms with Crippen LogP contribution in [0.3, 0.4) is 0 Å². The van der Waals surface area contributed by atoms with E-state index < -0.39 is 7.54 Å². The Morgan fingerprint density at radius 2 is 1.91 bits per heavy atom. The van der Waals surface area contributed by atoms with Gasteiger partial charge in [0.15, 0.2) is 0 Å². The number of nitrogens with zero attached hydrogens (tertiary/aromatic N) is 2. The summed E-state index contributed by atoms with van der Waals surface area (Å²) in [5, 5.41) is 0. The van der Waals surface area contributed by atoms with E-state index in [-0.39, 0.29) is 0 Å². The van der Waals surface area contributed by atoms with Crippen molar-refractivity contribution >= 4 is 7.54 Å². The van der Waals surface area contributed by atoms with Crippen LogP contribution in [0.4, 0.5) is 12.9 Å². The van der Waals surface area contributed by atoms with E-state index in [2.05, 4.69) is 4.98 Å². The van der Waals surface area contributed by atoms with Crippen LogP contribution in [-0.2, 0) is 7.05 Å². The molecule has 0 aliphatic heterocycles. The average Bonchev–Trinajstić information content (AvgIpc) is 2.15. The van der Waals surface area contributed by atoms with Crippen LogP contribution < -0.4 is 0 Å². The third-order valence-corrected chi connectivity index (χ3v) is 1.06. The standard InChI is InChI=1S/C5H8N2.BF3/c1-5-6-3-4-7(5)2;2-1(3)4/h3-4H,1-2H3;. The summed E-state index contributed by atoms with van der Waals surface area (Å²) in [5.41, 5.74) is 0. The van der Waals surface area contributed by atoms with E-state index in [1.807, 2.05) is 24.7 Å². The normalized spacial score (nSPS) is 8.45. The molecule has 1 aromatic heterocycles. The van der Waals surface area contributed by atoms with Crippen LogP contribution in [0.25, 0.3) is 0 Å². The lowest BCUT2D eigenvalue weighted by atomic mass is 10.5. The Hall–Kier alpha value is -0.935. The Morgan fingerprint density at radius 1 is 1.45 bits per heavy atom. The molecule has 1 rings (SSSR count). The largest absolute Gasteiger partial charge is 0.762 e. The molecule has 0 unspecified atom stereocenters. The van der Waals surface area contributed by atoms with Crippen molar-refractivity contribution in [3.05, 3.63) is 18.2 Å². The van der Waals surface area contributed by atoms with Crippen LogP contribution in [-0.4, -0.2) is 17.1 Å². The molecule has 62 valence electrons. The number of halogens is 3. The topological polar surface area (TPSA) is 17.8 Å². The van der Waals surface area contributed by atoms with Gasteiger partial charge in [-0.05, 0) is 6.92 Å². The second-order valence-electron chi connectivity index (χ2n) is 1.83. The lowest BCUT2D eigenvalue weighted by molar-refractivity contribution is 0.535. The first kappa shape index (κ1) is 10.1. The molecular formula is C5H8BF3N2. The molecule has 0 bridgehead atoms. The van der Waals surface area contributed by atoms with Gasteiger partial charge >= 0.3 is 7.54 Å². The van der Waals surface area contributed by atoms with E-state index in [0.717, 1.165) is 5.82 Å². The number of hydrogen-bond donors (Lipinski definition) is 0. The summed E-state index contributed by atoms with van der Waals surface area (Å²) in [6, 6.07) is 0. The zero-order valence-corrected chi connectivity index (χ0v) is 6.26. The minimum atomic E-state index is -3.67. The molecule has 0 atom stereocenters. The number of aromatic nitrogens is 2. The van der Waals surface area contributed by atoms with Crippen molar-refractivity contribution in [3.8, 4) is 0 Å². The van der Waals surface area contributed by atoms with Gasteiger partial charge in [-0.3, -0.25) is 12.9 Å². The molecule has 11 heavy (non-hydrogen) atoms. The molecule has 0 radical (unpaired) electrons. The molecule has 0 fully saturated rings. The van der Waals surface area contributed by atoms with Gasteiger partial charge in [-0.15, -0.1) is 0 Å². The minimum absolute atomic E-state index is 1.06. The van der Waals surface area contributed by atoms with Crippen LogP contribution >= 0.6 is 0 Å². The van der Waals surface area contributed by atoms with Gasteiger partial charge in [-0.25, -0.2) is 4.98 Å². The molecule has 1 aromatic rings. The summed E-state index contributed by atoms with van der Waals surface area (Å²) in [5.74, 6) is 1.06. The average molecular weight is 164 g/mol. The van der Waals surface area contributed by atoms with Crippen LogP contribution in [0, 0.1) is 6.92 Å². The zero-order chi connectivity index (χ0) is 8.85. The van der Waals surface area contributed by atoms with Crippen molar-refractivity contribution < 1.29 is 12.9 Å². The molecule has 2 nitrogen and oxygen atoms in total.